The zero-order valence-corrected chi connectivity index (χ0v) is 15.2. The first-order valence-electron chi connectivity index (χ1n) is 9.73. The van der Waals surface area contributed by atoms with Crippen LogP contribution >= 0.6 is 0 Å². The Morgan fingerprint density at radius 3 is 2.52 bits per heavy atom. The van der Waals surface area contributed by atoms with Gasteiger partial charge in [0.25, 0.3) is 0 Å². The first-order valence-corrected chi connectivity index (χ1v) is 9.73. The summed E-state index contributed by atoms with van der Waals surface area (Å²) in [5.41, 5.74) is 0.640. The first-order chi connectivity index (χ1) is 10.8. The van der Waals surface area contributed by atoms with E-state index in [1.165, 1.54) is 25.7 Å². The number of carbonyl (C=O) groups is 1. The summed E-state index contributed by atoms with van der Waals surface area (Å²) in [6, 6.07) is 0.239. The van der Waals surface area contributed by atoms with E-state index in [-0.39, 0.29) is 23.5 Å². The predicted octanol–water partition coefficient (Wildman–Crippen LogP) is 3.46. The molecule has 0 bridgehead atoms. The highest BCUT2D eigenvalue weighted by atomic mass is 16.3. The number of amides is 1. The lowest BCUT2D eigenvalue weighted by Gasteiger charge is -2.63. The maximum absolute atomic E-state index is 12.2. The highest BCUT2D eigenvalue weighted by molar-refractivity contribution is 5.77. The van der Waals surface area contributed by atoms with E-state index in [1.54, 1.807) is 0 Å². The minimum atomic E-state index is -0.221. The van der Waals surface area contributed by atoms with E-state index in [0.29, 0.717) is 29.6 Å². The molecule has 1 aliphatic heterocycles. The maximum Gasteiger partial charge on any atom is 0.222 e. The van der Waals surface area contributed by atoms with Crippen LogP contribution in [0.5, 0.6) is 0 Å². The standard InChI is InChI=1S/C20H33NO2/c1-12-5-6-13-18-14(7-9-19(12,13)2)20(3)10-8-17(23)21(4)16(20)11-15(18)22/h12-16,18,22H,5-11H2,1-4H3/t12-,13+,14+,15+,16-,18+,19-,20-/m1/s1. The van der Waals surface area contributed by atoms with Crippen molar-refractivity contribution in [2.75, 3.05) is 7.05 Å². The summed E-state index contributed by atoms with van der Waals surface area (Å²) >= 11 is 0. The minimum absolute atomic E-state index is 0.208. The average Bonchev–Trinajstić information content (AvgIpc) is 2.82. The van der Waals surface area contributed by atoms with Gasteiger partial charge in [0.2, 0.25) is 5.91 Å². The molecule has 3 heteroatoms. The lowest BCUT2D eigenvalue weighted by Crippen LogP contribution is -2.64. The predicted molar refractivity (Wildman–Crippen MR) is 90.7 cm³/mol. The van der Waals surface area contributed by atoms with Crippen molar-refractivity contribution in [3.8, 4) is 0 Å². The number of aliphatic hydroxyl groups is 1. The van der Waals surface area contributed by atoms with Gasteiger partial charge >= 0.3 is 0 Å². The molecule has 1 heterocycles. The summed E-state index contributed by atoms with van der Waals surface area (Å²) in [5.74, 6) is 2.80. The fourth-order valence-electron chi connectivity index (χ4n) is 7.34. The number of rotatable bonds is 0. The van der Waals surface area contributed by atoms with Crippen LogP contribution < -0.4 is 0 Å². The molecular formula is C20H33NO2. The summed E-state index contributed by atoms with van der Waals surface area (Å²) in [6.45, 7) is 7.33. The maximum atomic E-state index is 12.2. The Hall–Kier alpha value is -0.570. The van der Waals surface area contributed by atoms with Gasteiger partial charge in [-0.2, -0.15) is 0 Å². The summed E-state index contributed by atoms with van der Waals surface area (Å²) in [6.07, 6.45) is 7.47. The minimum Gasteiger partial charge on any atom is -0.393 e. The van der Waals surface area contributed by atoms with Gasteiger partial charge in [-0.25, -0.2) is 0 Å². The van der Waals surface area contributed by atoms with Gasteiger partial charge in [-0.05, 0) is 73.0 Å². The van der Waals surface area contributed by atoms with E-state index >= 15 is 0 Å². The number of nitrogens with zero attached hydrogens (tertiary/aromatic N) is 1. The Balaban J connectivity index is 1.70. The van der Waals surface area contributed by atoms with Gasteiger partial charge in [0, 0.05) is 19.5 Å². The van der Waals surface area contributed by atoms with E-state index in [1.807, 2.05) is 11.9 Å². The Bertz CT molecular complexity index is 520. The van der Waals surface area contributed by atoms with Crippen LogP contribution in [0.25, 0.3) is 0 Å². The molecule has 0 aromatic heterocycles. The number of fused-ring (bicyclic) bond motifs is 5. The molecule has 4 fully saturated rings. The van der Waals surface area contributed by atoms with Crippen molar-refractivity contribution in [2.24, 2.45) is 34.5 Å². The van der Waals surface area contributed by atoms with Crippen molar-refractivity contribution in [2.45, 2.75) is 77.9 Å². The molecule has 4 rings (SSSR count). The van der Waals surface area contributed by atoms with Crippen molar-refractivity contribution >= 4 is 5.91 Å². The van der Waals surface area contributed by atoms with Crippen LogP contribution in [0.4, 0.5) is 0 Å². The molecule has 8 atom stereocenters. The second-order valence-corrected chi connectivity index (χ2v) is 9.64. The van der Waals surface area contributed by atoms with E-state index < -0.39 is 0 Å². The third-order valence-corrected chi connectivity index (χ3v) is 9.06. The van der Waals surface area contributed by atoms with Gasteiger partial charge in [0.15, 0.2) is 0 Å². The van der Waals surface area contributed by atoms with Crippen LogP contribution in [0, 0.1) is 34.5 Å². The number of hydrogen-bond donors (Lipinski definition) is 1. The number of aliphatic hydroxyl groups excluding tert-OH is 1. The smallest absolute Gasteiger partial charge is 0.222 e. The zero-order valence-electron chi connectivity index (χ0n) is 15.2. The molecule has 3 aliphatic carbocycles. The average molecular weight is 319 g/mol. The van der Waals surface area contributed by atoms with E-state index in [2.05, 4.69) is 20.8 Å². The third-order valence-electron chi connectivity index (χ3n) is 9.06. The Kier molecular flexibility index (Phi) is 3.44. The van der Waals surface area contributed by atoms with Crippen LogP contribution in [0.3, 0.4) is 0 Å². The molecule has 0 unspecified atom stereocenters. The van der Waals surface area contributed by atoms with Crippen molar-refractivity contribution in [3.63, 3.8) is 0 Å². The molecule has 3 nitrogen and oxygen atoms in total. The molecule has 0 radical (unpaired) electrons. The largest absolute Gasteiger partial charge is 0.393 e. The van der Waals surface area contributed by atoms with Crippen LogP contribution in [0.15, 0.2) is 0 Å². The molecule has 0 spiro atoms. The topological polar surface area (TPSA) is 40.5 Å². The summed E-state index contributed by atoms with van der Waals surface area (Å²) in [5, 5.41) is 11.1. The van der Waals surface area contributed by atoms with Crippen molar-refractivity contribution in [1.82, 2.24) is 4.90 Å². The number of hydrogen-bond acceptors (Lipinski definition) is 2. The molecule has 1 saturated heterocycles. The van der Waals surface area contributed by atoms with E-state index in [0.717, 1.165) is 18.8 Å². The zero-order chi connectivity index (χ0) is 16.6. The summed E-state index contributed by atoms with van der Waals surface area (Å²) < 4.78 is 0. The fraction of sp³-hybridized carbons (Fsp3) is 0.950. The Labute approximate surface area is 140 Å². The molecule has 23 heavy (non-hydrogen) atoms. The van der Waals surface area contributed by atoms with Gasteiger partial charge in [0.1, 0.15) is 0 Å². The van der Waals surface area contributed by atoms with Gasteiger partial charge in [-0.15, -0.1) is 0 Å². The number of carbonyl (C=O) groups excluding carboxylic acids is 1. The molecule has 0 aromatic rings. The molecular weight excluding hydrogens is 286 g/mol. The lowest BCUT2D eigenvalue weighted by atomic mass is 9.46. The van der Waals surface area contributed by atoms with Gasteiger partial charge in [-0.3, -0.25) is 4.79 Å². The summed E-state index contributed by atoms with van der Waals surface area (Å²) in [4.78, 5) is 14.1. The SMILES string of the molecule is C[C@@H]1CC[C@H]2[C@@H]3[C@@H](O)C[C@H]4N(C)C(=O)CC[C@]4(C)[C@H]3CC[C@]12C. The number of likely N-dealkylation sites (tertiary alicyclic amines) is 1. The number of piperidine rings is 1. The van der Waals surface area contributed by atoms with Crippen LogP contribution in [0.1, 0.15) is 65.7 Å². The van der Waals surface area contributed by atoms with Crippen LogP contribution in [-0.4, -0.2) is 35.1 Å². The molecule has 0 aromatic carbocycles. The van der Waals surface area contributed by atoms with E-state index in [4.69, 9.17) is 0 Å². The molecule has 130 valence electrons. The molecule has 1 amide bonds. The normalized spacial score (nSPS) is 56.0. The van der Waals surface area contributed by atoms with E-state index in [9.17, 15) is 9.90 Å². The molecule has 4 aliphatic rings. The van der Waals surface area contributed by atoms with Crippen molar-refractivity contribution in [3.05, 3.63) is 0 Å². The first kappa shape index (κ1) is 15.9. The van der Waals surface area contributed by atoms with Crippen molar-refractivity contribution < 1.29 is 9.90 Å². The fourth-order valence-corrected chi connectivity index (χ4v) is 7.34. The van der Waals surface area contributed by atoms with Crippen molar-refractivity contribution in [1.29, 1.82) is 0 Å². The third kappa shape index (κ3) is 1.95. The lowest BCUT2D eigenvalue weighted by molar-refractivity contribution is -0.179. The molecule has 3 saturated carbocycles. The van der Waals surface area contributed by atoms with Gasteiger partial charge < -0.3 is 10.0 Å². The summed E-state index contributed by atoms with van der Waals surface area (Å²) in [7, 11) is 1.96. The highest BCUT2D eigenvalue weighted by Crippen LogP contribution is 2.65. The Morgan fingerprint density at radius 1 is 1.09 bits per heavy atom. The monoisotopic (exact) mass is 319 g/mol. The van der Waals surface area contributed by atoms with Crippen LogP contribution in [-0.2, 0) is 4.79 Å². The Morgan fingerprint density at radius 2 is 1.78 bits per heavy atom. The highest BCUT2D eigenvalue weighted by Gasteiger charge is 2.62. The van der Waals surface area contributed by atoms with Gasteiger partial charge in [-0.1, -0.05) is 20.8 Å². The molecule has 1 N–H and O–H groups in total. The second-order valence-electron chi connectivity index (χ2n) is 9.64. The second kappa shape index (κ2) is 4.97. The quantitative estimate of drug-likeness (QED) is 0.743. The van der Waals surface area contributed by atoms with Gasteiger partial charge in [0.05, 0.1) is 6.10 Å². The van der Waals surface area contributed by atoms with Crippen LogP contribution in [0.2, 0.25) is 0 Å².